The first-order chi connectivity index (χ1) is 7.59. The lowest BCUT2D eigenvalue weighted by molar-refractivity contribution is 0.188. The minimum Gasteiger partial charge on any atom is -0.465 e. The molecule has 2 nitrogen and oxygen atoms in total. The summed E-state index contributed by atoms with van der Waals surface area (Å²) in [6.07, 6.45) is 0.477. The fourth-order valence-corrected chi connectivity index (χ4v) is 2.00. The molecule has 0 amide bonds. The highest BCUT2D eigenvalue weighted by molar-refractivity contribution is 9.10. The fourth-order valence-electron chi connectivity index (χ4n) is 1.33. The van der Waals surface area contributed by atoms with Gasteiger partial charge < -0.3 is 9.52 Å². The summed E-state index contributed by atoms with van der Waals surface area (Å²) >= 11 is 6.29. The Hall–Kier alpha value is -0.650. The molecular formula is C11H7Br2FO2. The van der Waals surface area contributed by atoms with Gasteiger partial charge >= 0.3 is 0 Å². The SMILES string of the molecule is OC(c1ccc(Br)c(F)c1)c1occc1Br. The molecule has 1 aromatic heterocycles. The Morgan fingerprint density at radius 3 is 2.50 bits per heavy atom. The molecule has 0 saturated carbocycles. The van der Waals surface area contributed by atoms with Gasteiger partial charge in [-0.3, -0.25) is 0 Å². The minimum atomic E-state index is -0.980. The van der Waals surface area contributed by atoms with Gasteiger partial charge in [0.25, 0.3) is 0 Å². The van der Waals surface area contributed by atoms with Crippen LogP contribution in [0.15, 0.2) is 43.9 Å². The van der Waals surface area contributed by atoms with Gasteiger partial charge in [0, 0.05) is 0 Å². The third-order valence-corrected chi connectivity index (χ3v) is 3.45. The van der Waals surface area contributed by atoms with E-state index < -0.39 is 11.9 Å². The van der Waals surface area contributed by atoms with Gasteiger partial charge in [0.1, 0.15) is 11.9 Å². The maximum absolute atomic E-state index is 13.3. The van der Waals surface area contributed by atoms with E-state index >= 15 is 0 Å². The highest BCUT2D eigenvalue weighted by atomic mass is 79.9. The second-order valence-corrected chi connectivity index (χ2v) is 4.92. The van der Waals surface area contributed by atoms with Gasteiger partial charge in [0.05, 0.1) is 15.2 Å². The van der Waals surface area contributed by atoms with Gasteiger partial charge in [-0.1, -0.05) is 6.07 Å². The van der Waals surface area contributed by atoms with E-state index in [0.29, 0.717) is 20.3 Å². The first-order valence-corrected chi connectivity index (χ1v) is 6.04. The van der Waals surface area contributed by atoms with E-state index in [1.807, 2.05) is 0 Å². The molecule has 0 aliphatic rings. The third kappa shape index (κ3) is 2.21. The van der Waals surface area contributed by atoms with Crippen LogP contribution in [0.5, 0.6) is 0 Å². The molecule has 1 N–H and O–H groups in total. The van der Waals surface area contributed by atoms with Crippen LogP contribution in [-0.2, 0) is 0 Å². The van der Waals surface area contributed by atoms with Crippen LogP contribution in [0.3, 0.4) is 0 Å². The van der Waals surface area contributed by atoms with Crippen molar-refractivity contribution in [3.05, 3.63) is 56.6 Å². The van der Waals surface area contributed by atoms with Crippen molar-refractivity contribution in [3.8, 4) is 0 Å². The Morgan fingerprint density at radius 2 is 1.94 bits per heavy atom. The van der Waals surface area contributed by atoms with E-state index in [1.54, 1.807) is 18.2 Å². The van der Waals surface area contributed by atoms with E-state index in [4.69, 9.17) is 4.42 Å². The quantitative estimate of drug-likeness (QED) is 0.888. The van der Waals surface area contributed by atoms with Crippen LogP contribution in [0.4, 0.5) is 4.39 Å². The molecule has 84 valence electrons. The van der Waals surface area contributed by atoms with Gasteiger partial charge in [0.15, 0.2) is 5.76 Å². The second kappa shape index (κ2) is 4.69. The molecule has 1 atom stereocenters. The molecular weight excluding hydrogens is 343 g/mol. The molecule has 1 aromatic carbocycles. The van der Waals surface area contributed by atoms with Gasteiger partial charge in [-0.05, 0) is 55.6 Å². The van der Waals surface area contributed by atoms with Crippen molar-refractivity contribution in [2.24, 2.45) is 0 Å². The smallest absolute Gasteiger partial charge is 0.150 e. The number of halogens is 3. The molecule has 0 aliphatic heterocycles. The van der Waals surface area contributed by atoms with Crippen LogP contribution in [0.2, 0.25) is 0 Å². The first kappa shape index (κ1) is 11.8. The molecule has 0 saturated heterocycles. The second-order valence-electron chi connectivity index (χ2n) is 3.21. The zero-order chi connectivity index (χ0) is 11.7. The summed E-state index contributed by atoms with van der Waals surface area (Å²) in [5.74, 6) is -0.0547. The van der Waals surface area contributed by atoms with Crippen LogP contribution in [0.25, 0.3) is 0 Å². The van der Waals surface area contributed by atoms with E-state index in [9.17, 15) is 9.50 Å². The lowest BCUT2D eigenvalue weighted by Crippen LogP contribution is -1.99. The van der Waals surface area contributed by atoms with Crippen molar-refractivity contribution in [2.45, 2.75) is 6.10 Å². The van der Waals surface area contributed by atoms with E-state index in [-0.39, 0.29) is 0 Å². The number of aliphatic hydroxyl groups is 1. The number of hydrogen-bond acceptors (Lipinski definition) is 2. The summed E-state index contributed by atoms with van der Waals surface area (Å²) < 4.78 is 19.4. The van der Waals surface area contributed by atoms with E-state index in [0.717, 1.165) is 0 Å². The highest BCUT2D eigenvalue weighted by Crippen LogP contribution is 2.30. The van der Waals surface area contributed by atoms with E-state index in [2.05, 4.69) is 31.9 Å². The molecule has 5 heteroatoms. The lowest BCUT2D eigenvalue weighted by atomic mass is 10.1. The summed E-state index contributed by atoms with van der Waals surface area (Å²) in [4.78, 5) is 0. The monoisotopic (exact) mass is 348 g/mol. The number of furan rings is 1. The van der Waals surface area contributed by atoms with Crippen molar-refractivity contribution >= 4 is 31.9 Å². The first-order valence-electron chi connectivity index (χ1n) is 4.45. The largest absolute Gasteiger partial charge is 0.465 e. The van der Waals surface area contributed by atoms with Crippen molar-refractivity contribution in [2.75, 3.05) is 0 Å². The summed E-state index contributed by atoms with van der Waals surface area (Å²) in [6, 6.07) is 6.12. The molecule has 2 rings (SSSR count). The summed E-state index contributed by atoms with van der Waals surface area (Å²) in [5.41, 5.74) is 0.441. The number of rotatable bonds is 2. The average molecular weight is 350 g/mol. The normalized spacial score (nSPS) is 12.8. The topological polar surface area (TPSA) is 33.4 Å². The maximum atomic E-state index is 13.3. The predicted molar refractivity (Wildman–Crippen MR) is 64.6 cm³/mol. The number of benzene rings is 1. The Labute approximate surface area is 108 Å². The summed E-state index contributed by atoms with van der Waals surface area (Å²) in [6.45, 7) is 0. The number of aliphatic hydroxyl groups excluding tert-OH is 1. The molecule has 0 bridgehead atoms. The average Bonchev–Trinajstić information content (AvgIpc) is 2.67. The van der Waals surface area contributed by atoms with Crippen molar-refractivity contribution < 1.29 is 13.9 Å². The summed E-state index contributed by atoms with van der Waals surface area (Å²) in [7, 11) is 0. The van der Waals surface area contributed by atoms with Gasteiger partial charge in [-0.2, -0.15) is 0 Å². The minimum absolute atomic E-state index is 0.363. The zero-order valence-electron chi connectivity index (χ0n) is 7.95. The van der Waals surface area contributed by atoms with Crippen LogP contribution in [0, 0.1) is 5.82 Å². The van der Waals surface area contributed by atoms with Crippen LogP contribution in [0.1, 0.15) is 17.4 Å². The van der Waals surface area contributed by atoms with Gasteiger partial charge in [-0.25, -0.2) is 4.39 Å². The molecule has 0 spiro atoms. The van der Waals surface area contributed by atoms with Crippen LogP contribution >= 0.6 is 31.9 Å². The molecule has 1 heterocycles. The Bertz CT molecular complexity index is 510. The van der Waals surface area contributed by atoms with Crippen LogP contribution < -0.4 is 0 Å². The predicted octanol–water partition coefficient (Wildman–Crippen LogP) is 4.03. The summed E-state index contributed by atoms with van der Waals surface area (Å²) in [5, 5.41) is 9.97. The Balaban J connectivity index is 2.38. The Kier molecular flexibility index (Phi) is 3.47. The van der Waals surface area contributed by atoms with Crippen LogP contribution in [-0.4, -0.2) is 5.11 Å². The zero-order valence-corrected chi connectivity index (χ0v) is 11.1. The molecule has 0 radical (unpaired) electrons. The number of hydrogen-bond donors (Lipinski definition) is 1. The maximum Gasteiger partial charge on any atom is 0.150 e. The highest BCUT2D eigenvalue weighted by Gasteiger charge is 2.18. The van der Waals surface area contributed by atoms with E-state index in [1.165, 1.54) is 12.3 Å². The molecule has 0 fully saturated rings. The van der Waals surface area contributed by atoms with Gasteiger partial charge in [0.2, 0.25) is 0 Å². The lowest BCUT2D eigenvalue weighted by Gasteiger charge is -2.09. The Morgan fingerprint density at radius 1 is 1.19 bits per heavy atom. The van der Waals surface area contributed by atoms with Crippen molar-refractivity contribution in [3.63, 3.8) is 0 Å². The standard InChI is InChI=1S/C11H7Br2FO2/c12-7-2-1-6(5-9(7)14)10(15)11-8(13)3-4-16-11/h1-5,10,15H. The van der Waals surface area contributed by atoms with Gasteiger partial charge in [-0.15, -0.1) is 0 Å². The van der Waals surface area contributed by atoms with Crippen molar-refractivity contribution in [1.29, 1.82) is 0 Å². The molecule has 1 unspecified atom stereocenters. The third-order valence-electron chi connectivity index (χ3n) is 2.15. The molecule has 0 aliphatic carbocycles. The fraction of sp³-hybridized carbons (Fsp3) is 0.0909. The van der Waals surface area contributed by atoms with Crippen molar-refractivity contribution in [1.82, 2.24) is 0 Å². The molecule has 2 aromatic rings. The molecule has 16 heavy (non-hydrogen) atoms.